The molecule has 156 valence electrons. The van der Waals surface area contributed by atoms with E-state index in [1.54, 1.807) is 18.2 Å². The predicted octanol–water partition coefficient (Wildman–Crippen LogP) is 7.77. The maximum Gasteiger partial charge on any atom is 0.130 e. The predicted molar refractivity (Wildman–Crippen MR) is 124 cm³/mol. The molecule has 0 radical (unpaired) electrons. The lowest BCUT2D eigenvalue weighted by Gasteiger charge is -2.26. The second-order valence-corrected chi connectivity index (χ2v) is 9.44. The van der Waals surface area contributed by atoms with Crippen molar-refractivity contribution in [2.24, 2.45) is 0 Å². The van der Waals surface area contributed by atoms with Gasteiger partial charge < -0.3 is 9.47 Å². The molecule has 0 saturated carbocycles. The van der Waals surface area contributed by atoms with Crippen LogP contribution >= 0.6 is 23.2 Å². The van der Waals surface area contributed by atoms with Gasteiger partial charge in [0.1, 0.15) is 11.5 Å². The van der Waals surface area contributed by atoms with Crippen molar-refractivity contribution in [2.75, 3.05) is 6.61 Å². The van der Waals surface area contributed by atoms with E-state index in [0.717, 1.165) is 11.3 Å². The van der Waals surface area contributed by atoms with E-state index in [1.165, 1.54) is 36.0 Å². The van der Waals surface area contributed by atoms with E-state index in [4.69, 9.17) is 32.7 Å². The van der Waals surface area contributed by atoms with E-state index >= 15 is 0 Å². The molecule has 0 bridgehead atoms. The van der Waals surface area contributed by atoms with Crippen molar-refractivity contribution in [3.8, 4) is 11.5 Å². The van der Waals surface area contributed by atoms with Crippen LogP contribution in [0.15, 0.2) is 60.7 Å². The zero-order valence-electron chi connectivity index (χ0n) is 17.4. The van der Waals surface area contributed by atoms with Crippen LogP contribution in [0.2, 0.25) is 10.0 Å². The van der Waals surface area contributed by atoms with Gasteiger partial charge in [-0.2, -0.15) is 0 Å². The SMILES string of the molecule is CC(C)(COCc1cccc(Oc2cc(Cl)cc(Cl)c2)c1)c1ccc2c(c1)CCC2. The van der Waals surface area contributed by atoms with Gasteiger partial charge in [-0.05, 0) is 71.8 Å². The van der Waals surface area contributed by atoms with Crippen LogP contribution in [0, 0.1) is 0 Å². The Morgan fingerprint density at radius 1 is 0.833 bits per heavy atom. The van der Waals surface area contributed by atoms with E-state index in [2.05, 4.69) is 32.0 Å². The van der Waals surface area contributed by atoms with Crippen molar-refractivity contribution in [1.29, 1.82) is 0 Å². The van der Waals surface area contributed by atoms with Crippen LogP contribution in [0.5, 0.6) is 11.5 Å². The average molecular weight is 441 g/mol. The van der Waals surface area contributed by atoms with Gasteiger partial charge in [0, 0.05) is 15.5 Å². The molecule has 0 spiro atoms. The van der Waals surface area contributed by atoms with Gasteiger partial charge in [0.15, 0.2) is 0 Å². The monoisotopic (exact) mass is 440 g/mol. The number of aryl methyl sites for hydroxylation is 2. The van der Waals surface area contributed by atoms with Gasteiger partial charge >= 0.3 is 0 Å². The quantitative estimate of drug-likeness (QED) is 0.373. The number of fused-ring (bicyclic) bond motifs is 1. The van der Waals surface area contributed by atoms with Gasteiger partial charge in [-0.15, -0.1) is 0 Å². The lowest BCUT2D eigenvalue weighted by molar-refractivity contribution is 0.0824. The molecule has 0 unspecified atom stereocenters. The molecular weight excluding hydrogens is 415 g/mol. The number of benzene rings is 3. The van der Waals surface area contributed by atoms with Crippen molar-refractivity contribution in [3.63, 3.8) is 0 Å². The molecular formula is C26H26Cl2O2. The van der Waals surface area contributed by atoms with Crippen LogP contribution in [-0.2, 0) is 29.6 Å². The normalized spacial score (nSPS) is 13.3. The highest BCUT2D eigenvalue weighted by atomic mass is 35.5. The molecule has 3 aromatic rings. The van der Waals surface area contributed by atoms with E-state index < -0.39 is 0 Å². The van der Waals surface area contributed by atoms with Crippen molar-refractivity contribution >= 4 is 23.2 Å². The standard InChI is InChI=1S/C26H26Cl2O2/c1-26(2,21-10-9-19-6-4-7-20(19)12-21)17-29-16-18-5-3-8-24(11-18)30-25-14-22(27)13-23(28)15-25/h3,5,8-15H,4,6-7,16-17H2,1-2H3. The Bertz CT molecular complexity index is 1020. The molecule has 0 amide bonds. The minimum Gasteiger partial charge on any atom is -0.457 e. The number of hydrogen-bond donors (Lipinski definition) is 0. The Morgan fingerprint density at radius 3 is 2.40 bits per heavy atom. The van der Waals surface area contributed by atoms with Crippen molar-refractivity contribution in [1.82, 2.24) is 0 Å². The fraction of sp³-hybridized carbons (Fsp3) is 0.308. The first-order chi connectivity index (χ1) is 14.4. The smallest absolute Gasteiger partial charge is 0.130 e. The van der Waals surface area contributed by atoms with Crippen molar-refractivity contribution in [3.05, 3.63) is 93.0 Å². The highest BCUT2D eigenvalue weighted by Crippen LogP contribution is 2.31. The Hall–Kier alpha value is -2.00. The van der Waals surface area contributed by atoms with Gasteiger partial charge in [0.25, 0.3) is 0 Å². The van der Waals surface area contributed by atoms with E-state index in [1.807, 2.05) is 24.3 Å². The molecule has 2 nitrogen and oxygen atoms in total. The topological polar surface area (TPSA) is 18.5 Å². The lowest BCUT2D eigenvalue weighted by atomic mass is 9.84. The third-order valence-electron chi connectivity index (χ3n) is 5.58. The van der Waals surface area contributed by atoms with Gasteiger partial charge in [0.2, 0.25) is 0 Å². The molecule has 1 aliphatic carbocycles. The molecule has 3 aromatic carbocycles. The molecule has 4 rings (SSSR count). The number of rotatable bonds is 7. The first-order valence-corrected chi connectivity index (χ1v) is 11.1. The zero-order valence-corrected chi connectivity index (χ0v) is 18.9. The first-order valence-electron chi connectivity index (χ1n) is 10.3. The van der Waals surface area contributed by atoms with E-state index in [0.29, 0.717) is 29.0 Å². The Balaban J connectivity index is 1.37. The van der Waals surface area contributed by atoms with Crippen molar-refractivity contribution in [2.45, 2.75) is 45.1 Å². The first kappa shape index (κ1) is 21.2. The van der Waals surface area contributed by atoms with Crippen LogP contribution in [0.3, 0.4) is 0 Å². The zero-order chi connectivity index (χ0) is 21.1. The molecule has 30 heavy (non-hydrogen) atoms. The second-order valence-electron chi connectivity index (χ2n) is 8.57. The summed E-state index contributed by atoms with van der Waals surface area (Å²) in [4.78, 5) is 0. The van der Waals surface area contributed by atoms with Gasteiger partial charge in [-0.3, -0.25) is 0 Å². The van der Waals surface area contributed by atoms with Crippen LogP contribution in [-0.4, -0.2) is 6.61 Å². The summed E-state index contributed by atoms with van der Waals surface area (Å²) < 4.78 is 12.0. The highest BCUT2D eigenvalue weighted by Gasteiger charge is 2.23. The maximum atomic E-state index is 6.10. The summed E-state index contributed by atoms with van der Waals surface area (Å²) >= 11 is 12.1. The largest absolute Gasteiger partial charge is 0.457 e. The summed E-state index contributed by atoms with van der Waals surface area (Å²) in [6.45, 7) is 5.67. The summed E-state index contributed by atoms with van der Waals surface area (Å²) in [5, 5.41) is 1.09. The molecule has 0 heterocycles. The Kier molecular flexibility index (Phi) is 6.38. The lowest BCUT2D eigenvalue weighted by Crippen LogP contribution is -2.24. The van der Waals surface area contributed by atoms with E-state index in [-0.39, 0.29) is 5.41 Å². The third-order valence-corrected chi connectivity index (χ3v) is 6.02. The van der Waals surface area contributed by atoms with E-state index in [9.17, 15) is 0 Å². The van der Waals surface area contributed by atoms with Gasteiger partial charge in [0.05, 0.1) is 13.2 Å². The summed E-state index contributed by atoms with van der Waals surface area (Å²) in [5.74, 6) is 1.34. The molecule has 4 heteroatoms. The molecule has 0 saturated heterocycles. The highest BCUT2D eigenvalue weighted by molar-refractivity contribution is 6.34. The summed E-state index contributed by atoms with van der Waals surface area (Å²) in [6, 6.07) is 20.0. The minimum atomic E-state index is -0.0384. The number of hydrogen-bond acceptors (Lipinski definition) is 2. The Labute approximate surface area is 188 Å². The fourth-order valence-corrected chi connectivity index (χ4v) is 4.43. The molecule has 0 fully saturated rings. The number of ether oxygens (including phenoxy) is 2. The fourth-order valence-electron chi connectivity index (χ4n) is 3.92. The second kappa shape index (κ2) is 9.01. The average Bonchev–Trinajstić information content (AvgIpc) is 3.15. The molecule has 0 aliphatic heterocycles. The summed E-state index contributed by atoms with van der Waals surface area (Å²) in [5.41, 5.74) is 5.38. The Morgan fingerprint density at radius 2 is 1.60 bits per heavy atom. The minimum absolute atomic E-state index is 0.0384. The summed E-state index contributed by atoms with van der Waals surface area (Å²) in [6.07, 6.45) is 3.69. The van der Waals surface area contributed by atoms with Crippen LogP contribution in [0.1, 0.15) is 42.5 Å². The molecule has 1 aliphatic rings. The van der Waals surface area contributed by atoms with Crippen LogP contribution in [0.4, 0.5) is 0 Å². The summed E-state index contributed by atoms with van der Waals surface area (Å²) in [7, 11) is 0. The molecule has 0 atom stereocenters. The van der Waals surface area contributed by atoms with Crippen LogP contribution < -0.4 is 4.74 Å². The van der Waals surface area contributed by atoms with Crippen LogP contribution in [0.25, 0.3) is 0 Å². The molecule has 0 N–H and O–H groups in total. The maximum absolute atomic E-state index is 6.10. The van der Waals surface area contributed by atoms with Crippen molar-refractivity contribution < 1.29 is 9.47 Å². The number of halogens is 2. The van der Waals surface area contributed by atoms with Gasteiger partial charge in [-0.1, -0.05) is 67.4 Å². The van der Waals surface area contributed by atoms with Gasteiger partial charge in [-0.25, -0.2) is 0 Å². The molecule has 0 aromatic heterocycles. The third kappa shape index (κ3) is 5.18.